The maximum Gasteiger partial charge on any atom is 0.137 e. The fraction of sp³-hybridized carbons (Fsp3) is 0.328. The molecule has 0 spiro atoms. The summed E-state index contributed by atoms with van der Waals surface area (Å²) in [5, 5.41) is 10.7. The fourth-order valence-electron chi connectivity index (χ4n) is 13.4. The van der Waals surface area contributed by atoms with Gasteiger partial charge in [0.05, 0.1) is 6.04 Å². The van der Waals surface area contributed by atoms with E-state index in [9.17, 15) is 0 Å². The zero-order valence-corrected chi connectivity index (χ0v) is 36.9. The fourth-order valence-corrected chi connectivity index (χ4v) is 13.4. The predicted molar refractivity (Wildman–Crippen MR) is 264 cm³/mol. The molecule has 2 N–H and O–H groups in total. The first-order valence-corrected chi connectivity index (χ1v) is 24.4. The van der Waals surface area contributed by atoms with E-state index in [1.165, 1.54) is 55.7 Å². The van der Waals surface area contributed by atoms with Crippen LogP contribution in [0.1, 0.15) is 80.9 Å². The third kappa shape index (κ3) is 5.86. The number of nitrogens with zero attached hydrogens (tertiary/aromatic N) is 3. The van der Waals surface area contributed by atoms with Gasteiger partial charge >= 0.3 is 0 Å². The number of amidine groups is 1. The van der Waals surface area contributed by atoms with Gasteiger partial charge in [-0.1, -0.05) is 109 Å². The van der Waals surface area contributed by atoms with Crippen molar-refractivity contribution in [3.63, 3.8) is 0 Å². The second-order valence-electron chi connectivity index (χ2n) is 20.0. The van der Waals surface area contributed by atoms with Crippen molar-refractivity contribution in [2.45, 2.75) is 100 Å². The van der Waals surface area contributed by atoms with Crippen LogP contribution in [-0.2, 0) is 5.66 Å². The molecule has 4 aromatic carbocycles. The maximum atomic E-state index is 6.81. The number of para-hydroxylation sites is 2. The number of aliphatic imine (C=N–C) groups is 1. The van der Waals surface area contributed by atoms with Crippen LogP contribution in [0.3, 0.4) is 0 Å². The van der Waals surface area contributed by atoms with E-state index in [1.54, 1.807) is 0 Å². The monoisotopic (exact) mass is 853 g/mol. The molecule has 0 bridgehead atoms. The Balaban J connectivity index is 0.954. The van der Waals surface area contributed by atoms with Gasteiger partial charge in [0.25, 0.3) is 0 Å². The summed E-state index contributed by atoms with van der Waals surface area (Å²) in [5.41, 5.74) is 11.6. The maximum absolute atomic E-state index is 6.81. The highest BCUT2D eigenvalue weighted by Gasteiger charge is 2.53. The van der Waals surface area contributed by atoms with Crippen LogP contribution in [0.15, 0.2) is 167 Å². The first kappa shape index (κ1) is 38.0. The van der Waals surface area contributed by atoms with Gasteiger partial charge in [0.15, 0.2) is 0 Å². The Labute approximate surface area is 381 Å². The predicted octanol–water partition coefficient (Wildman–Crippen LogP) is 12.4. The molecule has 0 saturated carbocycles. The van der Waals surface area contributed by atoms with Crippen molar-refractivity contribution < 1.29 is 9.15 Å². The Kier molecular flexibility index (Phi) is 8.54. The van der Waals surface area contributed by atoms with Crippen molar-refractivity contribution in [3.05, 3.63) is 174 Å². The normalized spacial score (nSPS) is 32.5. The van der Waals surface area contributed by atoms with Gasteiger partial charge < -0.3 is 24.3 Å². The second-order valence-corrected chi connectivity index (χ2v) is 20.0. The van der Waals surface area contributed by atoms with E-state index >= 15 is 0 Å². The molecule has 10 atom stereocenters. The van der Waals surface area contributed by atoms with Crippen LogP contribution < -0.4 is 25.2 Å². The average molecular weight is 854 g/mol. The van der Waals surface area contributed by atoms with E-state index in [-0.39, 0.29) is 30.3 Å². The molecule has 65 heavy (non-hydrogen) atoms. The number of hydrogen-bond acceptors (Lipinski definition) is 7. The van der Waals surface area contributed by atoms with Crippen molar-refractivity contribution in [1.82, 2.24) is 10.6 Å². The summed E-state index contributed by atoms with van der Waals surface area (Å²) in [5.74, 6) is 3.44. The van der Waals surface area contributed by atoms with Gasteiger partial charge in [-0.15, -0.1) is 0 Å². The molecule has 1 fully saturated rings. The molecule has 4 aliphatic heterocycles. The van der Waals surface area contributed by atoms with E-state index < -0.39 is 5.66 Å². The molecule has 1 aromatic heterocycles. The lowest BCUT2D eigenvalue weighted by molar-refractivity contribution is 0.234. The quantitative estimate of drug-likeness (QED) is 0.172. The van der Waals surface area contributed by atoms with E-state index in [4.69, 9.17) is 14.1 Å². The Morgan fingerprint density at radius 3 is 2.60 bits per heavy atom. The molecule has 324 valence electrons. The number of fused-ring (bicyclic) bond motifs is 12. The van der Waals surface area contributed by atoms with Crippen LogP contribution in [0.25, 0.3) is 27.5 Å². The topological polar surface area (TPSA) is 65.3 Å². The molecule has 7 heteroatoms. The van der Waals surface area contributed by atoms with Crippen molar-refractivity contribution in [3.8, 4) is 5.75 Å². The van der Waals surface area contributed by atoms with Crippen molar-refractivity contribution in [2.75, 3.05) is 9.80 Å². The standard InChI is InChI=1S/C58H55N5O2/c1-58(60-56(35-16-4-2-5-17-35)59-57(61-58)36-18-6-3-7-19-36)46-30-37(62-47-24-12-8-20-38(47)42-31-44-40-22-10-14-26-52(40)64-54(44)33-50(42)62)28-29-49(46)63-48-25-13-9-21-39(48)43-32-45-41-23-11-15-27-53(41)65-55(45)34-51(43)63/h2,4-6,9-12,14-16,18-19,21-24,26-33,35,38-39,43,47-48,51,55,57,61H,3,7-8,13,17,20,25,34H2,1H3,(H,59,60)/t35?,38?,39?,43?,47?,48?,51?,55-,57?,58?/m0/s1. The smallest absolute Gasteiger partial charge is 0.137 e. The van der Waals surface area contributed by atoms with Gasteiger partial charge in [-0.25, -0.2) is 4.99 Å². The third-order valence-corrected chi connectivity index (χ3v) is 16.4. The minimum absolute atomic E-state index is 0.0509. The summed E-state index contributed by atoms with van der Waals surface area (Å²) in [6.45, 7) is 2.38. The number of anilines is 3. The van der Waals surface area contributed by atoms with Crippen molar-refractivity contribution in [2.24, 2.45) is 22.7 Å². The molecule has 5 heterocycles. The SMILES string of the molecule is CC1(c2cc(N3c4cc5oc6ccccc6c5cc4C4CCC=CC43)ccc2N2C3CCC=CC3C3C=C4c5ccccc5O[C@H]4CC32)NC(C2C=CC=CC2)=NC(C2=CCCC=C2)N1. The minimum Gasteiger partial charge on any atom is -0.485 e. The van der Waals surface area contributed by atoms with Crippen LogP contribution in [0.2, 0.25) is 0 Å². The van der Waals surface area contributed by atoms with Crippen LogP contribution in [0.5, 0.6) is 5.75 Å². The summed E-state index contributed by atoms with van der Waals surface area (Å²) >= 11 is 0. The first-order chi connectivity index (χ1) is 32.1. The van der Waals surface area contributed by atoms with Crippen LogP contribution in [0.4, 0.5) is 17.1 Å². The lowest BCUT2D eigenvalue weighted by atomic mass is 9.76. The van der Waals surface area contributed by atoms with Gasteiger partial charge in [-0.2, -0.15) is 0 Å². The molecule has 0 amide bonds. The Bertz CT molecular complexity index is 3050. The van der Waals surface area contributed by atoms with Crippen molar-refractivity contribution >= 4 is 50.4 Å². The lowest BCUT2D eigenvalue weighted by Gasteiger charge is -2.46. The van der Waals surface area contributed by atoms with Crippen LogP contribution in [-0.4, -0.2) is 36.2 Å². The van der Waals surface area contributed by atoms with E-state index in [1.807, 2.05) is 0 Å². The number of hydrogen-bond donors (Lipinski definition) is 2. The van der Waals surface area contributed by atoms with E-state index in [0.29, 0.717) is 23.8 Å². The molecule has 1 saturated heterocycles. The Hall–Kier alpha value is -6.31. The number of benzene rings is 4. The summed E-state index contributed by atoms with van der Waals surface area (Å²) < 4.78 is 13.4. The van der Waals surface area contributed by atoms with Gasteiger partial charge in [0, 0.05) is 87.2 Å². The molecular weight excluding hydrogens is 799 g/mol. The first-order valence-electron chi connectivity index (χ1n) is 24.4. The molecule has 5 aromatic rings. The Morgan fingerprint density at radius 1 is 0.769 bits per heavy atom. The van der Waals surface area contributed by atoms with E-state index in [2.05, 4.69) is 179 Å². The largest absolute Gasteiger partial charge is 0.485 e. The minimum atomic E-state index is -0.672. The third-order valence-electron chi connectivity index (χ3n) is 16.4. The zero-order valence-electron chi connectivity index (χ0n) is 36.9. The number of allylic oxidation sites excluding steroid dienone is 7. The molecule has 7 nitrogen and oxygen atoms in total. The number of furan rings is 1. The highest BCUT2D eigenvalue weighted by molar-refractivity contribution is 6.07. The summed E-state index contributed by atoms with van der Waals surface area (Å²) in [6.07, 6.45) is 36.7. The molecule has 9 aliphatic rings. The molecular formula is C58H55N5O2. The number of ether oxygens (including phenoxy) is 1. The second kappa shape index (κ2) is 14.6. The van der Waals surface area contributed by atoms with Crippen LogP contribution >= 0.6 is 0 Å². The average Bonchev–Trinajstić information content (AvgIpc) is 4.10. The molecule has 5 aliphatic carbocycles. The lowest BCUT2D eigenvalue weighted by Crippen LogP contribution is -2.62. The van der Waals surface area contributed by atoms with Gasteiger partial charge in [0.1, 0.15) is 40.7 Å². The van der Waals surface area contributed by atoms with Gasteiger partial charge in [-0.3, -0.25) is 5.32 Å². The molecule has 9 unspecified atom stereocenters. The number of nitrogens with one attached hydrogen (secondary N) is 2. The van der Waals surface area contributed by atoms with Crippen LogP contribution in [0, 0.1) is 17.8 Å². The number of rotatable bonds is 5. The zero-order chi connectivity index (χ0) is 42.8. The summed E-state index contributed by atoms with van der Waals surface area (Å²) in [7, 11) is 0. The highest BCUT2D eigenvalue weighted by atomic mass is 16.5. The highest BCUT2D eigenvalue weighted by Crippen LogP contribution is 2.56. The van der Waals surface area contributed by atoms with Crippen molar-refractivity contribution in [1.29, 1.82) is 0 Å². The summed E-state index contributed by atoms with van der Waals surface area (Å²) in [6, 6.07) is 30.3. The summed E-state index contributed by atoms with van der Waals surface area (Å²) in [4.78, 5) is 11.0. The van der Waals surface area contributed by atoms with Gasteiger partial charge in [-0.05, 0) is 105 Å². The molecule has 14 rings (SSSR count). The molecule has 0 radical (unpaired) electrons. The van der Waals surface area contributed by atoms with E-state index in [0.717, 1.165) is 74.1 Å². The Morgan fingerprint density at radius 2 is 1.68 bits per heavy atom. The van der Waals surface area contributed by atoms with Gasteiger partial charge in [0.2, 0.25) is 0 Å².